The number of Topliss-reactive ketones (excluding diaryl/α,β-unsaturated/α-hetero) is 1. The van der Waals surface area contributed by atoms with E-state index in [1.54, 1.807) is 0 Å². The Bertz CT molecular complexity index is 611. The first-order chi connectivity index (χ1) is 11.3. The van der Waals surface area contributed by atoms with Crippen molar-refractivity contribution in [3.05, 3.63) is 23.2 Å². The van der Waals surface area contributed by atoms with Crippen molar-refractivity contribution >= 4 is 21.6 Å². The Kier molecular flexibility index (Phi) is 4.54. The van der Waals surface area contributed by atoms with Crippen molar-refractivity contribution in [1.29, 1.82) is 0 Å². The number of ketones is 2. The van der Waals surface area contributed by atoms with E-state index in [1.165, 1.54) is 6.08 Å². The third-order valence-corrected chi connectivity index (χ3v) is 4.98. The van der Waals surface area contributed by atoms with Gasteiger partial charge in [-0.15, -0.1) is 0 Å². The normalized spacial score (nSPS) is 22.8. The molecular weight excluding hydrogens is 326 g/mol. The van der Waals surface area contributed by atoms with Gasteiger partial charge < -0.3 is 23.9 Å². The molecule has 132 valence electrons. The summed E-state index contributed by atoms with van der Waals surface area (Å²) in [6, 6.07) is 0. The van der Waals surface area contributed by atoms with Gasteiger partial charge in [-0.2, -0.15) is 0 Å². The first kappa shape index (κ1) is 17.2. The van der Waals surface area contributed by atoms with Gasteiger partial charge in [0.1, 0.15) is 11.4 Å². The zero-order valence-electron chi connectivity index (χ0n) is 14.5. The molecule has 0 saturated carbocycles. The minimum Gasteiger partial charge on any atom is -0.415 e. The third kappa shape index (κ3) is 4.06. The Morgan fingerprint density at radius 2 is 1.46 bits per heavy atom. The van der Waals surface area contributed by atoms with Gasteiger partial charge in [-0.3, -0.25) is 9.59 Å². The van der Waals surface area contributed by atoms with Crippen LogP contribution >= 0.6 is 0 Å². The fourth-order valence-electron chi connectivity index (χ4n) is 2.47. The molecule has 24 heavy (non-hydrogen) atoms. The molecule has 3 heterocycles. The number of hydrogen-bond donors (Lipinski definition) is 1. The first-order valence-corrected chi connectivity index (χ1v) is 9.57. The molecule has 1 N–H and O–H groups in total. The summed E-state index contributed by atoms with van der Waals surface area (Å²) in [5.74, 6) is 0.0485. The van der Waals surface area contributed by atoms with Crippen LogP contribution in [0.1, 0.15) is 20.8 Å². The topological polar surface area (TPSA) is 72.6 Å². The maximum atomic E-state index is 12.4. The number of carbonyl (C=O) groups is 2. The van der Waals surface area contributed by atoms with Gasteiger partial charge in [0.15, 0.2) is 0 Å². The molecule has 4 aliphatic rings. The average molecular weight is 351 g/mol. The SMILES string of the molecule is CC(C)(C)O[SiH2]O.O=C1C=C(N2CC2)C(=O)C(N2CC2)=C1N1CC1. The second kappa shape index (κ2) is 6.34. The van der Waals surface area contributed by atoms with Crippen LogP contribution < -0.4 is 0 Å². The molecule has 0 aromatic carbocycles. The van der Waals surface area contributed by atoms with E-state index in [4.69, 9.17) is 9.22 Å². The van der Waals surface area contributed by atoms with E-state index in [-0.39, 0.29) is 17.2 Å². The maximum absolute atomic E-state index is 12.4. The van der Waals surface area contributed by atoms with E-state index in [0.29, 0.717) is 17.1 Å². The number of rotatable bonds is 4. The lowest BCUT2D eigenvalue weighted by Crippen LogP contribution is -2.29. The van der Waals surface area contributed by atoms with E-state index in [1.807, 2.05) is 35.5 Å². The van der Waals surface area contributed by atoms with Crippen molar-refractivity contribution < 1.29 is 18.8 Å². The highest BCUT2D eigenvalue weighted by Gasteiger charge is 2.43. The van der Waals surface area contributed by atoms with Crippen LogP contribution in [0.5, 0.6) is 0 Å². The van der Waals surface area contributed by atoms with E-state index in [9.17, 15) is 9.59 Å². The predicted octanol–water partition coefficient (Wildman–Crippen LogP) is -1.03. The monoisotopic (exact) mass is 351 g/mol. The van der Waals surface area contributed by atoms with Crippen LogP contribution in [-0.2, 0) is 14.0 Å². The van der Waals surface area contributed by atoms with Crippen LogP contribution in [0.15, 0.2) is 23.2 Å². The lowest BCUT2D eigenvalue weighted by molar-refractivity contribution is -0.117. The molecular formula is C16H25N3O4Si. The second-order valence-electron chi connectivity index (χ2n) is 7.27. The standard InChI is InChI=1S/C12H13N3O2.C4H12O2Si/c16-9-7-8(13-1-2-13)12(17)11(15-5-6-15)10(9)14-3-4-14;1-4(2,3)6-7-5/h7H,1-6H2;5H,7H2,1-3H3. The summed E-state index contributed by atoms with van der Waals surface area (Å²) >= 11 is 0. The van der Waals surface area contributed by atoms with Gasteiger partial charge >= 0.3 is 10.0 Å². The fraction of sp³-hybridized carbons (Fsp3) is 0.625. The zero-order valence-corrected chi connectivity index (χ0v) is 16.0. The molecule has 1 aliphatic carbocycles. The van der Waals surface area contributed by atoms with Crippen molar-refractivity contribution in [2.45, 2.75) is 26.4 Å². The first-order valence-electron chi connectivity index (χ1n) is 8.36. The predicted molar refractivity (Wildman–Crippen MR) is 91.4 cm³/mol. The minimum atomic E-state index is -1.19. The van der Waals surface area contributed by atoms with Crippen molar-refractivity contribution in [3.63, 3.8) is 0 Å². The van der Waals surface area contributed by atoms with Crippen LogP contribution in [-0.4, -0.2) is 85.9 Å². The molecule has 0 unspecified atom stereocenters. The quantitative estimate of drug-likeness (QED) is 0.395. The fourth-order valence-corrected chi connectivity index (χ4v) is 2.86. The summed E-state index contributed by atoms with van der Waals surface area (Å²) in [5, 5.41) is 0. The molecule has 7 nitrogen and oxygen atoms in total. The van der Waals surface area contributed by atoms with Gasteiger partial charge in [-0.1, -0.05) is 0 Å². The molecule has 8 heteroatoms. The molecule has 0 amide bonds. The van der Waals surface area contributed by atoms with Crippen LogP contribution in [0.3, 0.4) is 0 Å². The molecule has 3 aliphatic heterocycles. The van der Waals surface area contributed by atoms with Crippen molar-refractivity contribution in [2.75, 3.05) is 39.3 Å². The van der Waals surface area contributed by atoms with E-state index >= 15 is 0 Å². The second-order valence-corrected chi connectivity index (χ2v) is 7.81. The Balaban J connectivity index is 0.000000209. The number of carbonyl (C=O) groups excluding carboxylic acids is 2. The van der Waals surface area contributed by atoms with Crippen LogP contribution in [0.4, 0.5) is 0 Å². The van der Waals surface area contributed by atoms with E-state index in [0.717, 1.165) is 39.3 Å². The van der Waals surface area contributed by atoms with E-state index < -0.39 is 10.0 Å². The molecule has 0 spiro atoms. The highest BCUT2D eigenvalue weighted by Crippen LogP contribution is 2.33. The maximum Gasteiger partial charge on any atom is 0.302 e. The van der Waals surface area contributed by atoms with Gasteiger partial charge in [0.2, 0.25) is 11.6 Å². The average Bonchev–Trinajstić information content (AvgIpc) is 3.36. The van der Waals surface area contributed by atoms with Crippen molar-refractivity contribution in [3.8, 4) is 0 Å². The summed E-state index contributed by atoms with van der Waals surface area (Å²) < 4.78 is 4.92. The lowest BCUT2D eigenvalue weighted by Gasteiger charge is -2.21. The highest BCUT2D eigenvalue weighted by atomic mass is 28.2. The summed E-state index contributed by atoms with van der Waals surface area (Å²) in [6.07, 6.45) is 1.52. The molecule has 0 aromatic heterocycles. The summed E-state index contributed by atoms with van der Waals surface area (Å²) in [5.41, 5.74) is 1.75. The number of nitrogens with zero attached hydrogens (tertiary/aromatic N) is 3. The molecule has 0 atom stereocenters. The Labute approximate surface area is 144 Å². The highest BCUT2D eigenvalue weighted by molar-refractivity contribution is 6.22. The van der Waals surface area contributed by atoms with Gasteiger partial charge in [0, 0.05) is 50.9 Å². The Morgan fingerprint density at radius 1 is 0.958 bits per heavy atom. The van der Waals surface area contributed by atoms with Crippen molar-refractivity contribution in [1.82, 2.24) is 14.7 Å². The van der Waals surface area contributed by atoms with Gasteiger partial charge in [-0.05, 0) is 20.8 Å². The summed E-state index contributed by atoms with van der Waals surface area (Å²) in [7, 11) is -1.19. The molecule has 0 bridgehead atoms. The van der Waals surface area contributed by atoms with Crippen LogP contribution in [0.25, 0.3) is 0 Å². The minimum absolute atomic E-state index is 0.00546. The molecule has 3 saturated heterocycles. The van der Waals surface area contributed by atoms with Gasteiger partial charge in [-0.25, -0.2) is 0 Å². The molecule has 4 rings (SSSR count). The smallest absolute Gasteiger partial charge is 0.302 e. The van der Waals surface area contributed by atoms with Gasteiger partial charge in [0.25, 0.3) is 0 Å². The van der Waals surface area contributed by atoms with Crippen LogP contribution in [0.2, 0.25) is 0 Å². The number of allylic oxidation sites excluding steroid dienone is 1. The largest absolute Gasteiger partial charge is 0.415 e. The van der Waals surface area contributed by atoms with Gasteiger partial charge in [0.05, 0.1) is 5.70 Å². The molecule has 0 radical (unpaired) electrons. The van der Waals surface area contributed by atoms with Crippen molar-refractivity contribution in [2.24, 2.45) is 0 Å². The molecule has 3 fully saturated rings. The number of hydrogen-bond acceptors (Lipinski definition) is 7. The summed E-state index contributed by atoms with van der Waals surface area (Å²) in [6.45, 7) is 11.2. The zero-order chi connectivity index (χ0) is 17.5. The Morgan fingerprint density at radius 3 is 1.83 bits per heavy atom. The lowest BCUT2D eigenvalue weighted by atomic mass is 10.0. The Hall–Kier alpha value is -1.64. The summed E-state index contributed by atoms with van der Waals surface area (Å²) in [4.78, 5) is 38.8. The van der Waals surface area contributed by atoms with Crippen LogP contribution in [0, 0.1) is 0 Å². The molecule has 0 aromatic rings. The van der Waals surface area contributed by atoms with E-state index in [2.05, 4.69) is 0 Å². The third-order valence-electron chi connectivity index (χ3n) is 3.99.